The van der Waals surface area contributed by atoms with Crippen molar-refractivity contribution in [2.45, 2.75) is 20.4 Å². The lowest BCUT2D eigenvalue weighted by atomic mass is 10.1. The summed E-state index contributed by atoms with van der Waals surface area (Å²) in [5.74, 6) is -0.179. The maximum absolute atomic E-state index is 11.7. The second-order valence-corrected chi connectivity index (χ2v) is 6.43. The average molecular weight is 309 g/mol. The standard InChI is InChI=1S/C15H17ClN2OS/c1-9-6-11(10(2)20-9)8-18-12-4-5-14(16)13(7-12)15(19)17-3/h4-7,18H,8H2,1-3H3,(H,17,19). The third kappa shape index (κ3) is 3.32. The van der Waals surface area contributed by atoms with Crippen LogP contribution in [-0.4, -0.2) is 13.0 Å². The smallest absolute Gasteiger partial charge is 0.252 e. The molecule has 0 saturated carbocycles. The summed E-state index contributed by atoms with van der Waals surface area (Å²) in [5, 5.41) is 6.37. The molecular formula is C15H17ClN2OS. The molecular weight excluding hydrogens is 292 g/mol. The van der Waals surface area contributed by atoms with E-state index >= 15 is 0 Å². The van der Waals surface area contributed by atoms with E-state index < -0.39 is 0 Å². The van der Waals surface area contributed by atoms with Crippen molar-refractivity contribution in [1.29, 1.82) is 0 Å². The molecule has 2 rings (SSSR count). The lowest BCUT2D eigenvalue weighted by molar-refractivity contribution is 0.0963. The molecule has 0 aliphatic heterocycles. The van der Waals surface area contributed by atoms with Crippen LogP contribution in [0.5, 0.6) is 0 Å². The molecule has 1 amide bonds. The van der Waals surface area contributed by atoms with Gasteiger partial charge in [-0.25, -0.2) is 0 Å². The normalized spacial score (nSPS) is 10.4. The van der Waals surface area contributed by atoms with Gasteiger partial charge in [-0.15, -0.1) is 11.3 Å². The minimum atomic E-state index is -0.179. The summed E-state index contributed by atoms with van der Waals surface area (Å²) in [4.78, 5) is 14.3. The molecule has 0 bridgehead atoms. The summed E-state index contributed by atoms with van der Waals surface area (Å²) in [6, 6.07) is 7.57. The molecule has 5 heteroatoms. The molecule has 106 valence electrons. The molecule has 0 radical (unpaired) electrons. The van der Waals surface area contributed by atoms with Crippen molar-refractivity contribution in [2.24, 2.45) is 0 Å². The van der Waals surface area contributed by atoms with Gasteiger partial charge in [0.05, 0.1) is 10.6 Å². The highest BCUT2D eigenvalue weighted by atomic mass is 35.5. The van der Waals surface area contributed by atoms with Gasteiger partial charge in [0.1, 0.15) is 0 Å². The van der Waals surface area contributed by atoms with Crippen LogP contribution in [0, 0.1) is 13.8 Å². The summed E-state index contributed by atoms with van der Waals surface area (Å²) < 4.78 is 0. The molecule has 1 aromatic heterocycles. The molecule has 20 heavy (non-hydrogen) atoms. The molecule has 0 aliphatic rings. The second kappa shape index (κ2) is 6.29. The van der Waals surface area contributed by atoms with Gasteiger partial charge in [0.15, 0.2) is 0 Å². The van der Waals surface area contributed by atoms with E-state index in [1.807, 2.05) is 6.07 Å². The molecule has 0 spiro atoms. The molecule has 0 atom stereocenters. The topological polar surface area (TPSA) is 41.1 Å². The van der Waals surface area contributed by atoms with Crippen LogP contribution in [0.2, 0.25) is 5.02 Å². The number of anilines is 1. The summed E-state index contributed by atoms with van der Waals surface area (Å²) in [7, 11) is 1.59. The number of hydrogen-bond acceptors (Lipinski definition) is 3. The average Bonchev–Trinajstić information content (AvgIpc) is 2.75. The summed E-state index contributed by atoms with van der Waals surface area (Å²) in [5.41, 5.74) is 2.65. The predicted molar refractivity (Wildman–Crippen MR) is 86.0 cm³/mol. The third-order valence-corrected chi connectivity index (χ3v) is 4.40. The van der Waals surface area contributed by atoms with Crippen LogP contribution in [0.1, 0.15) is 25.7 Å². The Balaban J connectivity index is 2.14. The summed E-state index contributed by atoms with van der Waals surface area (Å²) >= 11 is 7.82. The molecule has 1 heterocycles. The third-order valence-electron chi connectivity index (χ3n) is 3.06. The van der Waals surface area contributed by atoms with E-state index in [4.69, 9.17) is 11.6 Å². The number of carbonyl (C=O) groups excluding carboxylic acids is 1. The van der Waals surface area contributed by atoms with Gasteiger partial charge in [-0.2, -0.15) is 0 Å². The van der Waals surface area contributed by atoms with E-state index in [1.54, 1.807) is 30.5 Å². The van der Waals surface area contributed by atoms with Gasteiger partial charge in [0, 0.05) is 29.0 Å². The Morgan fingerprint density at radius 3 is 2.65 bits per heavy atom. The summed E-state index contributed by atoms with van der Waals surface area (Å²) in [6.45, 7) is 4.96. The van der Waals surface area contributed by atoms with Crippen molar-refractivity contribution < 1.29 is 4.79 Å². The largest absolute Gasteiger partial charge is 0.381 e. The minimum absolute atomic E-state index is 0.179. The number of hydrogen-bond donors (Lipinski definition) is 2. The van der Waals surface area contributed by atoms with Crippen LogP contribution in [0.4, 0.5) is 5.69 Å². The number of benzene rings is 1. The predicted octanol–water partition coefficient (Wildman–Crippen LogP) is 3.99. The van der Waals surface area contributed by atoms with Crippen molar-refractivity contribution in [3.63, 3.8) is 0 Å². The van der Waals surface area contributed by atoms with Crippen molar-refractivity contribution in [3.05, 3.63) is 50.2 Å². The second-order valence-electron chi connectivity index (χ2n) is 4.57. The van der Waals surface area contributed by atoms with Crippen LogP contribution in [0.25, 0.3) is 0 Å². The van der Waals surface area contributed by atoms with Crippen LogP contribution in [-0.2, 0) is 6.54 Å². The molecule has 2 aromatic rings. The van der Waals surface area contributed by atoms with Crippen molar-refractivity contribution in [1.82, 2.24) is 5.32 Å². The van der Waals surface area contributed by atoms with E-state index in [0.717, 1.165) is 12.2 Å². The number of halogens is 1. The summed E-state index contributed by atoms with van der Waals surface area (Å²) in [6.07, 6.45) is 0. The maximum atomic E-state index is 11.7. The van der Waals surface area contributed by atoms with Gasteiger partial charge in [0.2, 0.25) is 0 Å². The zero-order valence-corrected chi connectivity index (χ0v) is 13.3. The van der Waals surface area contributed by atoms with E-state index in [9.17, 15) is 4.79 Å². The Bertz CT molecular complexity index is 637. The number of rotatable bonds is 4. The molecule has 0 fully saturated rings. The number of nitrogens with one attached hydrogen (secondary N) is 2. The highest BCUT2D eigenvalue weighted by Crippen LogP contribution is 2.24. The lowest BCUT2D eigenvalue weighted by Gasteiger charge is -2.09. The monoisotopic (exact) mass is 308 g/mol. The van der Waals surface area contributed by atoms with Crippen molar-refractivity contribution >= 4 is 34.5 Å². The Hall–Kier alpha value is -1.52. The zero-order chi connectivity index (χ0) is 14.7. The van der Waals surface area contributed by atoms with Crippen LogP contribution < -0.4 is 10.6 Å². The highest BCUT2D eigenvalue weighted by Gasteiger charge is 2.10. The number of thiophene rings is 1. The fraction of sp³-hybridized carbons (Fsp3) is 0.267. The highest BCUT2D eigenvalue weighted by molar-refractivity contribution is 7.12. The van der Waals surface area contributed by atoms with Crippen LogP contribution >= 0.6 is 22.9 Å². The Morgan fingerprint density at radius 1 is 1.30 bits per heavy atom. The van der Waals surface area contributed by atoms with E-state index in [0.29, 0.717) is 10.6 Å². The maximum Gasteiger partial charge on any atom is 0.252 e. The number of aryl methyl sites for hydroxylation is 2. The van der Waals surface area contributed by atoms with Gasteiger partial charge in [0.25, 0.3) is 5.91 Å². The van der Waals surface area contributed by atoms with E-state index in [-0.39, 0.29) is 5.91 Å². The SMILES string of the molecule is CNC(=O)c1cc(NCc2cc(C)sc2C)ccc1Cl. The molecule has 0 aliphatic carbocycles. The Morgan fingerprint density at radius 2 is 2.05 bits per heavy atom. The van der Waals surface area contributed by atoms with Crippen LogP contribution in [0.3, 0.4) is 0 Å². The zero-order valence-electron chi connectivity index (χ0n) is 11.7. The quantitative estimate of drug-likeness (QED) is 0.896. The fourth-order valence-corrected chi connectivity index (χ4v) is 3.15. The molecule has 0 saturated heterocycles. The molecule has 3 nitrogen and oxygen atoms in total. The van der Waals surface area contributed by atoms with E-state index in [1.165, 1.54) is 15.3 Å². The van der Waals surface area contributed by atoms with Gasteiger partial charge in [-0.1, -0.05) is 11.6 Å². The van der Waals surface area contributed by atoms with Crippen molar-refractivity contribution in [3.8, 4) is 0 Å². The Kier molecular flexibility index (Phi) is 4.68. The van der Waals surface area contributed by atoms with Gasteiger partial charge in [-0.05, 0) is 43.7 Å². The minimum Gasteiger partial charge on any atom is -0.381 e. The molecule has 1 aromatic carbocycles. The lowest BCUT2D eigenvalue weighted by Crippen LogP contribution is -2.18. The Labute approximate surface area is 128 Å². The first-order valence-corrected chi connectivity index (χ1v) is 7.52. The van der Waals surface area contributed by atoms with Gasteiger partial charge >= 0.3 is 0 Å². The van der Waals surface area contributed by atoms with E-state index in [2.05, 4.69) is 30.5 Å². The van der Waals surface area contributed by atoms with Gasteiger partial charge < -0.3 is 10.6 Å². The van der Waals surface area contributed by atoms with Gasteiger partial charge in [-0.3, -0.25) is 4.79 Å². The first-order chi connectivity index (χ1) is 9.51. The first kappa shape index (κ1) is 14.9. The fourth-order valence-electron chi connectivity index (χ4n) is 2.00. The first-order valence-electron chi connectivity index (χ1n) is 6.32. The molecule has 0 unspecified atom stereocenters. The van der Waals surface area contributed by atoms with Crippen LogP contribution in [0.15, 0.2) is 24.3 Å². The van der Waals surface area contributed by atoms with Crippen molar-refractivity contribution in [2.75, 3.05) is 12.4 Å². The number of amides is 1. The number of carbonyl (C=O) groups is 1. The molecule has 2 N–H and O–H groups in total.